The Labute approximate surface area is 207 Å². The van der Waals surface area contributed by atoms with Gasteiger partial charge in [0.05, 0.1) is 10.4 Å². The molecule has 0 saturated carbocycles. The van der Waals surface area contributed by atoms with Gasteiger partial charge in [-0.05, 0) is 51.5 Å². The molecule has 0 spiro atoms. The number of nitrogens with zero attached hydrogens (tertiary/aromatic N) is 3. The molecule has 0 fully saturated rings. The van der Waals surface area contributed by atoms with Crippen molar-refractivity contribution in [2.75, 3.05) is 25.0 Å². The molecule has 0 saturated heterocycles. The second kappa shape index (κ2) is 15.4. The number of nitro benzene ring substituents is 1. The van der Waals surface area contributed by atoms with E-state index in [0.29, 0.717) is 10.9 Å². The Morgan fingerprint density at radius 2 is 1.60 bits per heavy atom. The molecule has 1 aromatic carbocycles. The maximum Gasteiger partial charge on any atom is 0.288 e. The maximum atomic E-state index is 11.1. The minimum Gasteiger partial charge on any atom is -0.822 e. The molecular weight excluding hydrogens is 530 g/mol. The van der Waals surface area contributed by atoms with Gasteiger partial charge in [0.25, 0.3) is 5.69 Å². The number of nitrogens with one attached hydrogen (secondary N) is 1. The number of fused-ring (bicyclic) bond motifs is 1. The average Bonchev–Trinajstić information content (AvgIpc) is 2.68. The topological polar surface area (TPSA) is 244 Å². The lowest BCUT2D eigenvalue weighted by Gasteiger charge is -2.36. The number of hydrogen-bond donors (Lipinski definition) is 1. The second-order valence-corrected chi connectivity index (χ2v) is 9.24. The van der Waals surface area contributed by atoms with Crippen LogP contribution in [0.3, 0.4) is 0 Å². The molecule has 1 unspecified atom stereocenters. The Morgan fingerprint density at radius 3 is 2.06 bits per heavy atom. The van der Waals surface area contributed by atoms with E-state index in [-0.39, 0.29) is 16.8 Å². The Hall–Kier alpha value is -1.70. The molecule has 14 nitrogen and oxygen atoms in total. The van der Waals surface area contributed by atoms with Crippen molar-refractivity contribution in [1.82, 2.24) is 9.88 Å². The third kappa shape index (κ3) is 16.6. The molecule has 0 bridgehead atoms. The van der Waals surface area contributed by atoms with E-state index in [1.165, 1.54) is 6.07 Å². The molecule has 1 atom stereocenters. The second-order valence-electron chi connectivity index (χ2n) is 7.05. The fourth-order valence-electron chi connectivity index (χ4n) is 2.92. The van der Waals surface area contributed by atoms with Gasteiger partial charge in [-0.3, -0.25) is 15.1 Å². The number of pyridine rings is 1. The van der Waals surface area contributed by atoms with Crippen molar-refractivity contribution in [1.29, 1.82) is 0 Å². The van der Waals surface area contributed by atoms with Crippen molar-refractivity contribution in [2.45, 2.75) is 39.7 Å². The summed E-state index contributed by atoms with van der Waals surface area (Å²) in [4.78, 5) is 68.6. The normalized spacial score (nSPS) is 12.3. The van der Waals surface area contributed by atoms with E-state index in [4.69, 9.17) is 50.1 Å². The Balaban J connectivity index is 0.000000975. The van der Waals surface area contributed by atoms with E-state index in [9.17, 15) is 10.1 Å². The number of rotatable bonds is 9. The minimum absolute atomic E-state index is 0.0978. The smallest absolute Gasteiger partial charge is 0.288 e. The van der Waals surface area contributed by atoms with Crippen LogP contribution in [0.15, 0.2) is 24.4 Å². The zero-order valence-electron chi connectivity index (χ0n) is 19.1. The first-order valence-electron chi connectivity index (χ1n) is 10.1. The Kier molecular flexibility index (Phi) is 14.7. The minimum atomic E-state index is -5.39. The molecule has 0 radical (unpaired) electrons. The zero-order valence-corrected chi connectivity index (χ0v) is 21.7. The molecule has 1 aromatic heterocycles. The first-order chi connectivity index (χ1) is 16.0. The fourth-order valence-corrected chi connectivity index (χ4v) is 3.15. The number of halogens is 1. The monoisotopic (exact) mass is 554 g/mol. The summed E-state index contributed by atoms with van der Waals surface area (Å²) in [5, 5.41) is 15.4. The molecule has 0 amide bonds. The van der Waals surface area contributed by atoms with Gasteiger partial charge in [0.2, 0.25) is 0 Å². The van der Waals surface area contributed by atoms with Crippen LogP contribution in [0.5, 0.6) is 0 Å². The van der Waals surface area contributed by atoms with E-state index in [0.717, 1.165) is 38.2 Å². The van der Waals surface area contributed by atoms with Crippen LogP contribution in [0.4, 0.5) is 11.4 Å². The molecule has 35 heavy (non-hydrogen) atoms. The van der Waals surface area contributed by atoms with E-state index >= 15 is 0 Å². The molecule has 200 valence electrons. The lowest BCUT2D eigenvalue weighted by Crippen LogP contribution is -2.25. The molecule has 0 aliphatic heterocycles. The summed E-state index contributed by atoms with van der Waals surface area (Å²) < 4.78 is 17.1. The van der Waals surface area contributed by atoms with Crippen molar-refractivity contribution in [3.05, 3.63) is 39.5 Å². The molecule has 17 heteroatoms. The third-order valence-electron chi connectivity index (χ3n) is 4.41. The van der Waals surface area contributed by atoms with Crippen LogP contribution in [0, 0.1) is 10.1 Å². The summed E-state index contributed by atoms with van der Waals surface area (Å²) in [7, 11) is -10.8. The summed E-state index contributed by atoms with van der Waals surface area (Å²) in [5.74, 6) is 0. The van der Waals surface area contributed by atoms with Crippen LogP contribution in [0.25, 0.3) is 10.9 Å². The van der Waals surface area contributed by atoms with E-state index in [1.54, 1.807) is 12.3 Å². The van der Waals surface area contributed by atoms with Crippen LogP contribution in [0.2, 0.25) is 5.02 Å². The van der Waals surface area contributed by atoms with Crippen molar-refractivity contribution >= 4 is 49.5 Å². The Morgan fingerprint density at radius 1 is 1.09 bits per heavy atom. The summed E-state index contributed by atoms with van der Waals surface area (Å²) >= 11 is 5.98. The molecule has 2 aromatic rings. The van der Waals surface area contributed by atoms with Crippen LogP contribution >= 0.6 is 27.2 Å². The molecule has 0 aliphatic rings. The maximum absolute atomic E-state index is 11.1. The lowest BCUT2D eigenvalue weighted by atomic mass is 10.1. The molecule has 1 heterocycles. The molecule has 2 rings (SSSR count). The van der Waals surface area contributed by atoms with Gasteiger partial charge in [0.1, 0.15) is 5.02 Å². The quantitative estimate of drug-likeness (QED) is 0.224. The highest BCUT2D eigenvalue weighted by Gasteiger charge is 2.16. The van der Waals surface area contributed by atoms with E-state index in [1.807, 2.05) is 6.07 Å². The van der Waals surface area contributed by atoms with Crippen LogP contribution < -0.4 is 34.7 Å². The number of phosphoric acid groups is 2. The van der Waals surface area contributed by atoms with Gasteiger partial charge in [-0.2, -0.15) is 15.6 Å². The number of benzene rings is 1. The largest absolute Gasteiger partial charge is 0.822 e. The summed E-state index contributed by atoms with van der Waals surface area (Å²) in [6.07, 6.45) is 3.82. The zero-order chi connectivity index (χ0) is 27.4. The predicted molar refractivity (Wildman–Crippen MR) is 119 cm³/mol. The average molecular weight is 555 g/mol. The van der Waals surface area contributed by atoms with Gasteiger partial charge in [0, 0.05) is 29.4 Å². The van der Waals surface area contributed by atoms with Gasteiger partial charge in [-0.15, -0.1) is 0 Å². The van der Waals surface area contributed by atoms with E-state index < -0.39 is 20.6 Å². The van der Waals surface area contributed by atoms with Crippen molar-refractivity contribution in [3.63, 3.8) is 0 Å². The first kappa shape index (κ1) is 33.3. The van der Waals surface area contributed by atoms with Crippen molar-refractivity contribution in [3.8, 4) is 0 Å². The molecule has 0 aliphatic carbocycles. The number of hydrogen-bond acceptors (Lipinski definition) is 13. The summed E-state index contributed by atoms with van der Waals surface area (Å²) in [5.41, 5.74) is 1.40. The third-order valence-corrected chi connectivity index (χ3v) is 4.72. The Bertz CT molecular complexity index is 1010. The number of nitro groups is 1. The van der Waals surface area contributed by atoms with Gasteiger partial charge >= 0.3 is 0 Å². The number of aromatic nitrogens is 1. The van der Waals surface area contributed by atoms with Gasteiger partial charge in [-0.1, -0.05) is 25.4 Å². The molecule has 1 N–H and O–H groups in total. The predicted octanol–water partition coefficient (Wildman–Crippen LogP) is -0.930. The van der Waals surface area contributed by atoms with Crippen molar-refractivity contribution in [2.24, 2.45) is 0 Å². The SMILES string of the molecule is CCN(CC)CCCC(C)Nc1ccnc2cc(Cl)c([N+](=O)[O-])cc12.O=P([O-])([O-])[O-].O=P([O-])([O-])[O-]. The highest BCUT2D eigenvalue weighted by Crippen LogP contribution is 2.32. The van der Waals surface area contributed by atoms with E-state index in [2.05, 4.69) is 36.0 Å². The lowest BCUT2D eigenvalue weighted by molar-refractivity contribution is -0.434. The van der Waals surface area contributed by atoms with Gasteiger partial charge < -0.3 is 48.7 Å². The van der Waals surface area contributed by atoms with Crippen LogP contribution in [-0.4, -0.2) is 40.5 Å². The van der Waals surface area contributed by atoms with Crippen LogP contribution in [-0.2, 0) is 9.13 Å². The number of anilines is 1. The first-order valence-corrected chi connectivity index (χ1v) is 13.4. The standard InChI is InChI=1S/C18H25ClN4O2.2H3O4P/c1-4-22(5-2)10-6-7-13(3)21-16-8-9-20-17-12-15(19)18(23(24)25)11-14(16)17;2*1-5(2,3)4/h8-9,11-13H,4-7,10H2,1-3H3,(H,20,21);2*(H3,1,2,3,4)/p-6. The molecular formula is C18H25ClN4O10P2-6. The highest BCUT2D eigenvalue weighted by atomic mass is 35.5. The van der Waals surface area contributed by atoms with Crippen molar-refractivity contribution < 1.29 is 43.4 Å². The van der Waals surface area contributed by atoms with Crippen LogP contribution in [0.1, 0.15) is 33.6 Å². The summed E-state index contributed by atoms with van der Waals surface area (Å²) in [6.45, 7) is 9.68. The highest BCUT2D eigenvalue weighted by molar-refractivity contribution is 7.40. The summed E-state index contributed by atoms with van der Waals surface area (Å²) in [6, 6.07) is 5.15. The van der Waals surface area contributed by atoms with Gasteiger partial charge in [0.15, 0.2) is 0 Å². The van der Waals surface area contributed by atoms with Gasteiger partial charge in [-0.25, -0.2) is 0 Å². The fraction of sp³-hybridized carbons (Fsp3) is 0.500.